The molecule has 0 aliphatic rings. The molecule has 0 fully saturated rings. The fraction of sp³-hybridized carbons (Fsp3) is 0.350. The van der Waals surface area contributed by atoms with E-state index in [1.807, 2.05) is 19.1 Å². The minimum absolute atomic E-state index is 0.00105. The summed E-state index contributed by atoms with van der Waals surface area (Å²) in [7, 11) is -2.15. The highest BCUT2D eigenvalue weighted by molar-refractivity contribution is 7.92. The summed E-state index contributed by atoms with van der Waals surface area (Å²) in [5, 5.41) is 9.38. The van der Waals surface area contributed by atoms with E-state index in [1.54, 1.807) is 13.0 Å². The predicted molar refractivity (Wildman–Crippen MR) is 120 cm³/mol. The van der Waals surface area contributed by atoms with Gasteiger partial charge in [0.2, 0.25) is 10.0 Å². The molecule has 0 heterocycles. The highest BCUT2D eigenvalue weighted by atomic mass is 35.5. The van der Waals surface area contributed by atoms with Crippen LogP contribution in [-0.4, -0.2) is 33.5 Å². The van der Waals surface area contributed by atoms with Crippen molar-refractivity contribution in [3.8, 4) is 5.75 Å². The molecule has 2 rings (SSSR count). The van der Waals surface area contributed by atoms with E-state index in [1.165, 1.54) is 19.2 Å². The number of nitrogens with two attached hydrogens (primary N) is 1. The Labute approximate surface area is 181 Å². The summed E-state index contributed by atoms with van der Waals surface area (Å²) in [4.78, 5) is 0. The number of rotatable bonds is 10. The molecule has 0 spiro atoms. The molecule has 0 aliphatic carbocycles. The molecule has 0 saturated heterocycles. The van der Waals surface area contributed by atoms with Crippen molar-refractivity contribution in [3.63, 3.8) is 0 Å². The normalized spacial score (nSPS) is 11.3. The number of halogens is 2. The molecule has 10 heteroatoms. The molecular formula is C20H26ClFN4O3S. The van der Waals surface area contributed by atoms with Crippen LogP contribution in [0.3, 0.4) is 0 Å². The smallest absolute Gasteiger partial charge is 0.232 e. The van der Waals surface area contributed by atoms with Gasteiger partial charge in [0.05, 0.1) is 35.8 Å². The third kappa shape index (κ3) is 5.84. The zero-order valence-electron chi connectivity index (χ0n) is 17.1. The Morgan fingerprint density at radius 2 is 2.00 bits per heavy atom. The molecular weight excluding hydrogens is 431 g/mol. The summed E-state index contributed by atoms with van der Waals surface area (Å²) < 4.78 is 46.5. The van der Waals surface area contributed by atoms with E-state index < -0.39 is 15.8 Å². The number of hydrazine groups is 1. The van der Waals surface area contributed by atoms with Crippen LogP contribution in [0.2, 0.25) is 5.02 Å². The van der Waals surface area contributed by atoms with Crippen LogP contribution < -0.4 is 20.3 Å². The highest BCUT2D eigenvalue weighted by Crippen LogP contribution is 2.33. The molecule has 30 heavy (non-hydrogen) atoms. The number of sulfonamides is 1. The molecule has 0 unspecified atom stereocenters. The molecule has 164 valence electrons. The number of methoxy groups -OCH3 is 1. The van der Waals surface area contributed by atoms with E-state index in [0.717, 1.165) is 17.0 Å². The van der Waals surface area contributed by atoms with E-state index in [9.17, 15) is 8.42 Å². The second kappa shape index (κ2) is 10.1. The van der Waals surface area contributed by atoms with Crippen LogP contribution in [-0.2, 0) is 16.4 Å². The summed E-state index contributed by atoms with van der Waals surface area (Å²) in [6.07, 6.45) is 1.14. The first-order valence-electron chi connectivity index (χ1n) is 9.38. The summed E-state index contributed by atoms with van der Waals surface area (Å²) in [6, 6.07) is 8.01. The molecule has 2 aromatic carbocycles. The van der Waals surface area contributed by atoms with Gasteiger partial charge in [-0.05, 0) is 48.7 Å². The van der Waals surface area contributed by atoms with Gasteiger partial charge in [0.25, 0.3) is 0 Å². The third-order valence-corrected chi connectivity index (χ3v) is 6.16. The topological polar surface area (TPSA) is 109 Å². The van der Waals surface area contributed by atoms with Gasteiger partial charge in [0, 0.05) is 5.56 Å². The number of ether oxygens (including phenoxy) is 1. The Kier molecular flexibility index (Phi) is 8.05. The quantitative estimate of drug-likeness (QED) is 0.285. The summed E-state index contributed by atoms with van der Waals surface area (Å²) >= 11 is 6.12. The van der Waals surface area contributed by atoms with Gasteiger partial charge in [-0.3, -0.25) is 4.72 Å². The summed E-state index contributed by atoms with van der Waals surface area (Å²) in [5.74, 6) is 5.59. The number of hydrogen-bond acceptors (Lipinski definition) is 6. The Morgan fingerprint density at radius 3 is 2.60 bits per heavy atom. The molecule has 0 aliphatic heterocycles. The lowest BCUT2D eigenvalue weighted by Gasteiger charge is -2.23. The summed E-state index contributed by atoms with van der Waals surface area (Å²) in [6.45, 7) is 3.54. The zero-order chi connectivity index (χ0) is 22.5. The van der Waals surface area contributed by atoms with E-state index in [2.05, 4.69) is 4.72 Å². The van der Waals surface area contributed by atoms with Gasteiger partial charge in [-0.15, -0.1) is 0 Å². The molecule has 0 radical (unpaired) electrons. The molecule has 0 saturated carbocycles. The molecule has 7 nitrogen and oxygen atoms in total. The Balaban J connectivity index is 2.31. The maximum atomic E-state index is 15.0. The van der Waals surface area contributed by atoms with Crippen LogP contribution in [0.1, 0.15) is 31.4 Å². The van der Waals surface area contributed by atoms with E-state index in [4.69, 9.17) is 27.6 Å². The van der Waals surface area contributed by atoms with Crippen molar-refractivity contribution in [2.45, 2.75) is 26.7 Å². The van der Waals surface area contributed by atoms with E-state index in [0.29, 0.717) is 17.7 Å². The molecule has 2 aromatic rings. The standard InChI is InChI=1S/C20H26ClFN4O3S/c1-4-8-30(27,28)25-18-7-6-16(21)20(19(18)22)26(24)12-17(23)14-9-13(5-2)10-15(11-14)29-3/h6-7,9-11,23,25H,4-5,8,12,24H2,1-3H3. The number of hydrogen-bond donors (Lipinski definition) is 3. The highest BCUT2D eigenvalue weighted by Gasteiger charge is 2.21. The Morgan fingerprint density at radius 1 is 1.30 bits per heavy atom. The monoisotopic (exact) mass is 456 g/mol. The van der Waals surface area contributed by atoms with Gasteiger partial charge in [0.15, 0.2) is 5.82 Å². The van der Waals surface area contributed by atoms with Crippen LogP contribution in [0.25, 0.3) is 0 Å². The lowest BCUT2D eigenvalue weighted by molar-refractivity contribution is 0.414. The van der Waals surface area contributed by atoms with Crippen LogP contribution in [0.5, 0.6) is 5.75 Å². The first-order chi connectivity index (χ1) is 14.1. The maximum absolute atomic E-state index is 15.0. The molecule has 0 bridgehead atoms. The van der Waals surface area contributed by atoms with Gasteiger partial charge >= 0.3 is 0 Å². The largest absolute Gasteiger partial charge is 0.497 e. The Hall–Kier alpha value is -2.36. The van der Waals surface area contributed by atoms with E-state index >= 15 is 4.39 Å². The predicted octanol–water partition coefficient (Wildman–Crippen LogP) is 3.95. The second-order valence-corrected chi connectivity index (χ2v) is 8.96. The second-order valence-electron chi connectivity index (χ2n) is 6.71. The number of nitrogens with one attached hydrogen (secondary N) is 2. The van der Waals surface area contributed by atoms with Crippen molar-refractivity contribution in [3.05, 3.63) is 52.3 Å². The van der Waals surface area contributed by atoms with Crippen molar-refractivity contribution in [2.24, 2.45) is 5.84 Å². The SMILES string of the molecule is CCCS(=O)(=O)Nc1ccc(Cl)c(N(N)CC(=N)c2cc(CC)cc(OC)c2)c1F. The first kappa shape index (κ1) is 23.9. The van der Waals surface area contributed by atoms with Crippen LogP contribution in [0.4, 0.5) is 15.8 Å². The van der Waals surface area contributed by atoms with Crippen molar-refractivity contribution in [1.29, 1.82) is 5.41 Å². The Bertz CT molecular complexity index is 1010. The fourth-order valence-electron chi connectivity index (χ4n) is 2.87. The first-order valence-corrected chi connectivity index (χ1v) is 11.4. The average Bonchev–Trinajstić information content (AvgIpc) is 2.69. The molecule has 0 atom stereocenters. The van der Waals surface area contributed by atoms with Gasteiger partial charge in [0.1, 0.15) is 11.4 Å². The van der Waals surface area contributed by atoms with Crippen molar-refractivity contribution in [2.75, 3.05) is 29.1 Å². The fourth-order valence-corrected chi connectivity index (χ4v) is 4.25. The van der Waals surface area contributed by atoms with Gasteiger partial charge in [-0.2, -0.15) is 0 Å². The average molecular weight is 457 g/mol. The van der Waals surface area contributed by atoms with Gasteiger partial charge < -0.3 is 15.2 Å². The van der Waals surface area contributed by atoms with Crippen LogP contribution in [0.15, 0.2) is 30.3 Å². The molecule has 4 N–H and O–H groups in total. The molecule has 0 amide bonds. The van der Waals surface area contributed by atoms with E-state index in [-0.39, 0.29) is 34.4 Å². The minimum Gasteiger partial charge on any atom is -0.497 e. The van der Waals surface area contributed by atoms with Gasteiger partial charge in [-0.25, -0.2) is 18.7 Å². The maximum Gasteiger partial charge on any atom is 0.232 e. The lowest BCUT2D eigenvalue weighted by Crippen LogP contribution is -2.37. The summed E-state index contributed by atoms with van der Waals surface area (Å²) in [5.41, 5.74) is 1.24. The van der Waals surface area contributed by atoms with Crippen LogP contribution in [0, 0.1) is 11.2 Å². The lowest BCUT2D eigenvalue weighted by atomic mass is 10.0. The third-order valence-electron chi connectivity index (χ3n) is 4.38. The van der Waals surface area contributed by atoms with Crippen molar-refractivity contribution >= 4 is 38.7 Å². The van der Waals surface area contributed by atoms with Gasteiger partial charge in [-0.1, -0.05) is 25.4 Å². The minimum atomic E-state index is -3.69. The number of benzene rings is 2. The van der Waals surface area contributed by atoms with Crippen molar-refractivity contribution < 1.29 is 17.5 Å². The van der Waals surface area contributed by atoms with Crippen LogP contribution >= 0.6 is 11.6 Å². The number of nitrogens with zero attached hydrogens (tertiary/aromatic N) is 1. The number of anilines is 2. The molecule has 0 aromatic heterocycles. The van der Waals surface area contributed by atoms with Crippen molar-refractivity contribution in [1.82, 2.24) is 0 Å². The number of aryl methyl sites for hydroxylation is 1. The zero-order valence-corrected chi connectivity index (χ0v) is 18.7.